The van der Waals surface area contributed by atoms with Gasteiger partial charge in [-0.1, -0.05) is 20.8 Å². The topological polar surface area (TPSA) is 53.6 Å². The molecule has 0 aromatic carbocycles. The second-order valence-electron chi connectivity index (χ2n) is 5.23. The minimum Gasteiger partial charge on any atom is -0.342 e. The molecule has 0 spiro atoms. The van der Waals surface area contributed by atoms with Gasteiger partial charge in [0, 0.05) is 19.6 Å². The summed E-state index contributed by atoms with van der Waals surface area (Å²) in [5.74, 6) is 7.82. The van der Waals surface area contributed by atoms with Crippen molar-refractivity contribution in [3.8, 4) is 0 Å². The van der Waals surface area contributed by atoms with Crippen molar-refractivity contribution in [2.75, 3.05) is 19.6 Å². The van der Waals surface area contributed by atoms with Crippen molar-refractivity contribution in [2.45, 2.75) is 40.0 Å². The van der Waals surface area contributed by atoms with Crippen LogP contribution in [0.4, 0.5) is 0 Å². The summed E-state index contributed by atoms with van der Waals surface area (Å²) < 4.78 is 0. The van der Waals surface area contributed by atoms with Crippen molar-refractivity contribution in [3.63, 3.8) is 0 Å². The second kappa shape index (κ2) is 6.74. The molecule has 0 aliphatic carbocycles. The Morgan fingerprint density at radius 2 is 2.19 bits per heavy atom. The summed E-state index contributed by atoms with van der Waals surface area (Å²) in [6, 6.07) is 0. The molecular formula is C12H26N4. The first-order valence-electron chi connectivity index (χ1n) is 6.39. The molecule has 3 N–H and O–H groups in total. The van der Waals surface area contributed by atoms with Gasteiger partial charge in [0.1, 0.15) is 0 Å². The largest absolute Gasteiger partial charge is 0.342 e. The van der Waals surface area contributed by atoms with Crippen LogP contribution >= 0.6 is 0 Å². The normalized spacial score (nSPS) is 23.4. The third-order valence-corrected chi connectivity index (χ3v) is 3.05. The number of aliphatic imine (C=N–C) groups is 1. The van der Waals surface area contributed by atoms with E-state index >= 15 is 0 Å². The molecule has 1 fully saturated rings. The zero-order valence-corrected chi connectivity index (χ0v) is 10.9. The van der Waals surface area contributed by atoms with Crippen LogP contribution in [-0.4, -0.2) is 30.5 Å². The first kappa shape index (κ1) is 13.3. The van der Waals surface area contributed by atoms with Crippen LogP contribution < -0.4 is 11.3 Å². The molecule has 1 aliphatic rings. The highest BCUT2D eigenvalue weighted by Gasteiger charge is 2.16. The molecule has 0 aromatic rings. The van der Waals surface area contributed by atoms with Gasteiger partial charge in [-0.2, -0.15) is 0 Å². The summed E-state index contributed by atoms with van der Waals surface area (Å²) in [5.41, 5.74) is 2.75. The zero-order chi connectivity index (χ0) is 12.0. The predicted octanol–water partition coefficient (Wildman–Crippen LogP) is 1.58. The summed E-state index contributed by atoms with van der Waals surface area (Å²) in [5, 5.41) is 0. The van der Waals surface area contributed by atoms with Crippen molar-refractivity contribution in [2.24, 2.45) is 22.7 Å². The molecule has 4 heteroatoms. The van der Waals surface area contributed by atoms with E-state index in [0.717, 1.165) is 31.5 Å². The predicted molar refractivity (Wildman–Crippen MR) is 69.1 cm³/mol. The highest BCUT2D eigenvalue weighted by molar-refractivity contribution is 5.79. The molecule has 0 amide bonds. The lowest BCUT2D eigenvalue weighted by molar-refractivity contribution is 0.408. The Morgan fingerprint density at radius 1 is 1.44 bits per heavy atom. The highest BCUT2D eigenvalue weighted by Crippen LogP contribution is 2.16. The molecule has 0 bridgehead atoms. The number of hydrogen-bond acceptors (Lipinski definition) is 2. The lowest BCUT2D eigenvalue weighted by atomic mass is 10.0. The Morgan fingerprint density at radius 3 is 2.81 bits per heavy atom. The molecule has 94 valence electrons. The first-order valence-corrected chi connectivity index (χ1v) is 6.39. The highest BCUT2D eigenvalue weighted by atomic mass is 15.4. The smallest absolute Gasteiger partial charge is 0.208 e. The molecule has 16 heavy (non-hydrogen) atoms. The minimum atomic E-state index is 0.578. The zero-order valence-electron chi connectivity index (χ0n) is 10.9. The molecule has 1 unspecified atom stereocenters. The number of hydrazine groups is 1. The van der Waals surface area contributed by atoms with E-state index in [2.05, 4.69) is 36.1 Å². The fourth-order valence-electron chi connectivity index (χ4n) is 1.98. The van der Waals surface area contributed by atoms with Gasteiger partial charge < -0.3 is 4.90 Å². The van der Waals surface area contributed by atoms with Gasteiger partial charge >= 0.3 is 0 Å². The van der Waals surface area contributed by atoms with E-state index in [1.54, 1.807) is 0 Å². The van der Waals surface area contributed by atoms with Gasteiger partial charge in [-0.05, 0) is 31.1 Å². The first-order chi connectivity index (χ1) is 7.63. The van der Waals surface area contributed by atoms with Crippen LogP contribution in [0.2, 0.25) is 0 Å². The van der Waals surface area contributed by atoms with Gasteiger partial charge in [0.2, 0.25) is 5.96 Å². The molecule has 1 rings (SSSR count). The molecule has 1 heterocycles. The van der Waals surface area contributed by atoms with Crippen LogP contribution in [-0.2, 0) is 0 Å². The molecule has 1 atom stereocenters. The van der Waals surface area contributed by atoms with Gasteiger partial charge in [-0.25, -0.2) is 5.84 Å². The molecule has 0 radical (unpaired) electrons. The Hall–Kier alpha value is -0.770. The van der Waals surface area contributed by atoms with E-state index in [4.69, 9.17) is 5.84 Å². The molecule has 0 saturated carbocycles. The van der Waals surface area contributed by atoms with Crippen LogP contribution in [0.5, 0.6) is 0 Å². The van der Waals surface area contributed by atoms with E-state index in [1.807, 2.05) is 0 Å². The number of likely N-dealkylation sites (tertiary alicyclic amines) is 1. The van der Waals surface area contributed by atoms with E-state index in [-0.39, 0.29) is 0 Å². The lowest BCUT2D eigenvalue weighted by Gasteiger charge is -2.24. The van der Waals surface area contributed by atoms with E-state index in [1.165, 1.54) is 19.3 Å². The maximum atomic E-state index is 5.55. The molecule has 0 aromatic heterocycles. The second-order valence-corrected chi connectivity index (χ2v) is 5.23. The van der Waals surface area contributed by atoms with Crippen LogP contribution in [0.1, 0.15) is 40.0 Å². The average molecular weight is 226 g/mol. The Labute approximate surface area is 99.3 Å². The Bertz CT molecular complexity index is 225. The number of nitrogens with two attached hydrogens (primary N) is 1. The van der Waals surface area contributed by atoms with Crippen molar-refractivity contribution in [1.29, 1.82) is 0 Å². The third kappa shape index (κ3) is 4.39. The number of nitrogens with zero attached hydrogens (tertiary/aromatic N) is 2. The minimum absolute atomic E-state index is 0.578. The number of nitrogens with one attached hydrogen (secondary N) is 1. The van der Waals surface area contributed by atoms with E-state index < -0.39 is 0 Å². The summed E-state index contributed by atoms with van der Waals surface area (Å²) in [4.78, 5) is 6.82. The van der Waals surface area contributed by atoms with Crippen LogP contribution in [0.25, 0.3) is 0 Å². The quantitative estimate of drug-likeness (QED) is 0.325. The fraction of sp³-hybridized carbons (Fsp3) is 0.917. The van der Waals surface area contributed by atoms with Crippen molar-refractivity contribution in [3.05, 3.63) is 0 Å². The van der Waals surface area contributed by atoms with Gasteiger partial charge in [0.15, 0.2) is 0 Å². The summed E-state index contributed by atoms with van der Waals surface area (Å²) >= 11 is 0. The number of hydrogen-bond donors (Lipinski definition) is 2. The number of rotatable bonds is 2. The van der Waals surface area contributed by atoms with Crippen LogP contribution in [0.3, 0.4) is 0 Å². The van der Waals surface area contributed by atoms with Gasteiger partial charge in [0.05, 0.1) is 0 Å². The lowest BCUT2D eigenvalue weighted by Crippen LogP contribution is -2.45. The maximum Gasteiger partial charge on any atom is 0.208 e. The molecule has 1 saturated heterocycles. The SMILES string of the molecule is CC(C)CN=C(NN)N1CCCC(C)CC1. The van der Waals surface area contributed by atoms with E-state index in [9.17, 15) is 0 Å². The summed E-state index contributed by atoms with van der Waals surface area (Å²) in [7, 11) is 0. The average Bonchev–Trinajstić information content (AvgIpc) is 2.44. The van der Waals surface area contributed by atoms with E-state index in [0.29, 0.717) is 5.92 Å². The fourth-order valence-corrected chi connectivity index (χ4v) is 1.98. The summed E-state index contributed by atoms with van der Waals surface area (Å²) in [6.07, 6.45) is 3.80. The van der Waals surface area contributed by atoms with Gasteiger partial charge in [0.25, 0.3) is 0 Å². The van der Waals surface area contributed by atoms with Gasteiger partial charge in [-0.3, -0.25) is 10.4 Å². The molecule has 1 aliphatic heterocycles. The molecule has 4 nitrogen and oxygen atoms in total. The van der Waals surface area contributed by atoms with Gasteiger partial charge in [-0.15, -0.1) is 0 Å². The maximum absolute atomic E-state index is 5.55. The van der Waals surface area contributed by atoms with Crippen molar-refractivity contribution in [1.82, 2.24) is 10.3 Å². The third-order valence-electron chi connectivity index (χ3n) is 3.05. The Kier molecular flexibility index (Phi) is 5.60. The monoisotopic (exact) mass is 226 g/mol. The summed E-state index contributed by atoms with van der Waals surface area (Å²) in [6.45, 7) is 9.65. The van der Waals surface area contributed by atoms with Crippen molar-refractivity contribution < 1.29 is 0 Å². The van der Waals surface area contributed by atoms with Crippen molar-refractivity contribution >= 4 is 5.96 Å². The Balaban J connectivity index is 2.54. The van der Waals surface area contributed by atoms with Crippen LogP contribution in [0.15, 0.2) is 4.99 Å². The standard InChI is InChI=1S/C12H26N4/c1-10(2)9-14-12(15-13)16-7-4-5-11(3)6-8-16/h10-11H,4-9,13H2,1-3H3,(H,14,15). The number of guanidine groups is 1. The van der Waals surface area contributed by atoms with Crippen LogP contribution in [0, 0.1) is 11.8 Å². The molecular weight excluding hydrogens is 200 g/mol.